The minimum absolute atomic E-state index is 0.0943. The van der Waals surface area contributed by atoms with E-state index >= 15 is 0 Å². The molecule has 7 nitrogen and oxygen atoms in total. The van der Waals surface area contributed by atoms with Gasteiger partial charge in [0.25, 0.3) is 0 Å². The molecule has 0 aliphatic carbocycles. The van der Waals surface area contributed by atoms with Crippen LogP contribution in [0.5, 0.6) is 5.75 Å². The van der Waals surface area contributed by atoms with Crippen molar-refractivity contribution in [1.82, 2.24) is 15.3 Å². The first-order valence-electron chi connectivity index (χ1n) is 11.7. The Labute approximate surface area is 207 Å². The van der Waals surface area contributed by atoms with Crippen LogP contribution in [0.3, 0.4) is 0 Å². The summed E-state index contributed by atoms with van der Waals surface area (Å²) in [5.74, 6) is 2.32. The van der Waals surface area contributed by atoms with Crippen LogP contribution in [0.2, 0.25) is 0 Å². The minimum atomic E-state index is -0.750. The Balaban J connectivity index is 1.49. The van der Waals surface area contributed by atoms with Gasteiger partial charge in [-0.15, -0.1) is 0 Å². The number of aromatic hydroxyl groups is 1. The average Bonchev–Trinajstić information content (AvgIpc) is 3.30. The zero-order valence-electron chi connectivity index (χ0n) is 19.4. The van der Waals surface area contributed by atoms with E-state index in [1.54, 1.807) is 18.7 Å². The molecule has 1 aliphatic heterocycles. The molecule has 8 heteroatoms. The zero-order chi connectivity index (χ0) is 24.4. The highest BCUT2D eigenvalue weighted by atomic mass is 32.2. The van der Waals surface area contributed by atoms with Crippen LogP contribution in [-0.4, -0.2) is 32.5 Å². The van der Waals surface area contributed by atoms with Gasteiger partial charge in [-0.2, -0.15) is 11.8 Å². The number of carbonyl (C=O) groups excluding carboxylic acids is 1. The number of amides is 1. The lowest BCUT2D eigenvalue weighted by Gasteiger charge is -2.36. The molecule has 0 radical (unpaired) electrons. The quantitative estimate of drug-likeness (QED) is 0.366. The summed E-state index contributed by atoms with van der Waals surface area (Å²) in [4.78, 5) is 34.0. The molecule has 0 spiro atoms. The van der Waals surface area contributed by atoms with Crippen LogP contribution in [0.4, 0.5) is 0 Å². The number of hydrogen-bond acceptors (Lipinski definition) is 6. The molecule has 4 aromatic rings. The second kappa shape index (κ2) is 9.62. The van der Waals surface area contributed by atoms with Gasteiger partial charge in [0.05, 0.1) is 11.0 Å². The van der Waals surface area contributed by atoms with E-state index in [0.29, 0.717) is 24.4 Å². The van der Waals surface area contributed by atoms with Crippen molar-refractivity contribution >= 4 is 28.7 Å². The Bertz CT molecular complexity index is 1370. The van der Waals surface area contributed by atoms with Crippen molar-refractivity contribution in [1.29, 1.82) is 0 Å². The highest BCUT2D eigenvalue weighted by molar-refractivity contribution is 7.99. The van der Waals surface area contributed by atoms with Crippen molar-refractivity contribution < 1.29 is 14.3 Å². The number of hydrogen-bond donors (Lipinski definition) is 3. The Morgan fingerprint density at radius 1 is 1.17 bits per heavy atom. The third-order valence-electron chi connectivity index (χ3n) is 6.60. The summed E-state index contributed by atoms with van der Waals surface area (Å²) in [6.45, 7) is 1.68. The summed E-state index contributed by atoms with van der Waals surface area (Å²) in [6.07, 6.45) is 1.36. The Morgan fingerprint density at radius 3 is 2.63 bits per heavy atom. The van der Waals surface area contributed by atoms with Crippen LogP contribution in [0.15, 0.2) is 69.9 Å². The molecule has 0 bridgehead atoms. The molecule has 1 saturated heterocycles. The molecule has 35 heavy (non-hydrogen) atoms. The maximum absolute atomic E-state index is 13.6. The van der Waals surface area contributed by atoms with Crippen molar-refractivity contribution in [2.75, 3.05) is 11.5 Å². The molecule has 2 aromatic carbocycles. The van der Waals surface area contributed by atoms with Gasteiger partial charge < -0.3 is 19.8 Å². The second-order valence-electron chi connectivity index (χ2n) is 9.02. The van der Waals surface area contributed by atoms with E-state index in [-0.39, 0.29) is 18.1 Å². The standard InChI is InChI=1S/C27H27N3O4S/c1-17-15-21(31)24(33)25(34-17)27(11-13-35-14-12-27)16-22(32)30-23(18-7-3-2-4-8-18)26-28-19-9-5-6-10-20(19)29-26/h2-10,15,23,33H,11-14,16H2,1H3,(H,28,29)(H,30,32)/t23-/m0/s1. The molecular weight excluding hydrogens is 462 g/mol. The number of fused-ring (bicyclic) bond motifs is 1. The molecule has 3 N–H and O–H groups in total. The first-order chi connectivity index (χ1) is 16.9. The number of aromatic nitrogens is 2. The van der Waals surface area contributed by atoms with Crippen molar-refractivity contribution in [3.8, 4) is 5.75 Å². The van der Waals surface area contributed by atoms with Crippen molar-refractivity contribution in [3.05, 3.63) is 93.8 Å². The molecule has 180 valence electrons. The second-order valence-corrected chi connectivity index (χ2v) is 10.2. The van der Waals surface area contributed by atoms with Gasteiger partial charge in [-0.05, 0) is 49.0 Å². The lowest BCUT2D eigenvalue weighted by molar-refractivity contribution is -0.123. The Kier molecular flexibility index (Phi) is 6.38. The summed E-state index contributed by atoms with van der Waals surface area (Å²) in [6, 6.07) is 18.2. The SMILES string of the molecule is Cc1cc(=O)c(O)c(C2(CC(=O)N[C@@H](c3ccccc3)c3nc4ccccc4[nH]3)CCSCC2)o1. The molecule has 5 rings (SSSR count). The number of nitrogens with one attached hydrogen (secondary N) is 2. The fraction of sp³-hybridized carbons (Fsp3) is 0.296. The van der Waals surface area contributed by atoms with E-state index in [1.165, 1.54) is 6.07 Å². The molecular formula is C27H27N3O4S. The maximum atomic E-state index is 13.6. The summed E-state index contributed by atoms with van der Waals surface area (Å²) in [5.41, 5.74) is 1.39. The van der Waals surface area contributed by atoms with Crippen LogP contribution in [0.25, 0.3) is 11.0 Å². The number of aromatic amines is 1. The third kappa shape index (κ3) is 4.71. The maximum Gasteiger partial charge on any atom is 0.227 e. The van der Waals surface area contributed by atoms with E-state index in [1.807, 2.05) is 54.6 Å². The number of imidazole rings is 1. The van der Waals surface area contributed by atoms with Gasteiger partial charge in [-0.3, -0.25) is 9.59 Å². The van der Waals surface area contributed by atoms with Gasteiger partial charge in [0.1, 0.15) is 17.6 Å². The zero-order valence-corrected chi connectivity index (χ0v) is 20.2. The molecule has 1 atom stereocenters. The van der Waals surface area contributed by atoms with Gasteiger partial charge in [0, 0.05) is 17.9 Å². The predicted octanol–water partition coefficient (Wildman–Crippen LogP) is 4.59. The minimum Gasteiger partial charge on any atom is -0.502 e. The van der Waals surface area contributed by atoms with Crippen molar-refractivity contribution in [2.24, 2.45) is 0 Å². The van der Waals surface area contributed by atoms with Crippen molar-refractivity contribution in [3.63, 3.8) is 0 Å². The lowest BCUT2D eigenvalue weighted by Crippen LogP contribution is -2.40. The fourth-order valence-corrected chi connectivity index (χ4v) is 6.07. The first kappa shape index (κ1) is 23.2. The highest BCUT2D eigenvalue weighted by Crippen LogP contribution is 2.44. The normalized spacial score (nSPS) is 16.1. The lowest BCUT2D eigenvalue weighted by atomic mass is 9.75. The predicted molar refractivity (Wildman–Crippen MR) is 137 cm³/mol. The summed E-state index contributed by atoms with van der Waals surface area (Å²) in [7, 11) is 0. The molecule has 3 heterocycles. The third-order valence-corrected chi connectivity index (χ3v) is 7.58. The monoisotopic (exact) mass is 489 g/mol. The van der Waals surface area contributed by atoms with Crippen LogP contribution < -0.4 is 10.7 Å². The number of carbonyl (C=O) groups is 1. The molecule has 0 saturated carbocycles. The van der Waals surface area contributed by atoms with Crippen LogP contribution in [-0.2, 0) is 10.2 Å². The number of thioether (sulfide) groups is 1. The molecule has 0 unspecified atom stereocenters. The fourth-order valence-electron chi connectivity index (χ4n) is 4.79. The van der Waals surface area contributed by atoms with Gasteiger partial charge in [-0.25, -0.2) is 4.98 Å². The molecule has 1 amide bonds. The van der Waals surface area contributed by atoms with Crippen molar-refractivity contribution in [2.45, 2.75) is 37.6 Å². The van der Waals surface area contributed by atoms with Gasteiger partial charge >= 0.3 is 0 Å². The number of rotatable bonds is 6. The van der Waals surface area contributed by atoms with E-state index in [9.17, 15) is 14.7 Å². The van der Waals surface area contributed by atoms with E-state index in [2.05, 4.69) is 10.3 Å². The number of H-pyrrole nitrogens is 1. The number of benzene rings is 2. The smallest absolute Gasteiger partial charge is 0.227 e. The number of para-hydroxylation sites is 2. The van der Waals surface area contributed by atoms with Crippen LogP contribution >= 0.6 is 11.8 Å². The largest absolute Gasteiger partial charge is 0.502 e. The molecule has 1 fully saturated rings. The Morgan fingerprint density at radius 2 is 1.89 bits per heavy atom. The summed E-state index contributed by atoms with van der Waals surface area (Å²) >= 11 is 1.80. The van der Waals surface area contributed by atoms with E-state index in [4.69, 9.17) is 9.40 Å². The molecule has 2 aromatic heterocycles. The molecule has 1 aliphatic rings. The highest BCUT2D eigenvalue weighted by Gasteiger charge is 2.42. The van der Waals surface area contributed by atoms with Gasteiger partial charge in [0.15, 0.2) is 5.76 Å². The number of nitrogens with zero attached hydrogens (tertiary/aromatic N) is 1. The average molecular weight is 490 g/mol. The van der Waals surface area contributed by atoms with E-state index in [0.717, 1.165) is 28.1 Å². The van der Waals surface area contributed by atoms with Gasteiger partial charge in [0.2, 0.25) is 17.1 Å². The first-order valence-corrected chi connectivity index (χ1v) is 12.8. The Hall–Kier alpha value is -3.52. The van der Waals surface area contributed by atoms with Crippen LogP contribution in [0.1, 0.15) is 48.2 Å². The summed E-state index contributed by atoms with van der Waals surface area (Å²) < 4.78 is 5.89. The van der Waals surface area contributed by atoms with Crippen LogP contribution in [0, 0.1) is 6.92 Å². The number of aryl methyl sites for hydroxylation is 1. The van der Waals surface area contributed by atoms with Gasteiger partial charge in [-0.1, -0.05) is 42.5 Å². The topological polar surface area (TPSA) is 108 Å². The summed E-state index contributed by atoms with van der Waals surface area (Å²) in [5, 5.41) is 13.8. The van der Waals surface area contributed by atoms with E-state index < -0.39 is 22.6 Å².